The number of hydrogen-bond acceptors (Lipinski definition) is 5. The Morgan fingerprint density at radius 1 is 1.25 bits per heavy atom. The van der Waals surface area contributed by atoms with Crippen LogP contribution in [0.25, 0.3) is 0 Å². The molecule has 0 radical (unpaired) electrons. The van der Waals surface area contributed by atoms with Gasteiger partial charge in [-0.1, -0.05) is 31.5 Å². The largest absolute Gasteiger partial charge is 0.312 e. The second-order valence-corrected chi connectivity index (χ2v) is 9.65. The lowest BCUT2D eigenvalue weighted by atomic mass is 10.1. The normalized spacial score (nSPS) is 16.8. The molecule has 1 aromatic heterocycles. The van der Waals surface area contributed by atoms with E-state index in [-0.39, 0.29) is 11.7 Å². The maximum Gasteiger partial charge on any atom is 0.209 e. The molecule has 0 amide bonds. The van der Waals surface area contributed by atoms with Gasteiger partial charge in [0.25, 0.3) is 0 Å². The van der Waals surface area contributed by atoms with Crippen LogP contribution in [0, 0.1) is 11.7 Å². The van der Waals surface area contributed by atoms with Gasteiger partial charge in [0.2, 0.25) is 10.0 Å². The minimum absolute atomic E-state index is 0.0135. The third kappa shape index (κ3) is 4.89. The van der Waals surface area contributed by atoms with E-state index in [1.54, 1.807) is 12.1 Å². The first kappa shape index (κ1) is 21.2. The van der Waals surface area contributed by atoms with Crippen molar-refractivity contribution in [2.75, 3.05) is 19.3 Å². The van der Waals surface area contributed by atoms with Crippen molar-refractivity contribution in [1.29, 1.82) is 0 Å². The van der Waals surface area contributed by atoms with E-state index in [0.717, 1.165) is 12.1 Å². The van der Waals surface area contributed by atoms with Crippen LogP contribution in [0.5, 0.6) is 0 Å². The van der Waals surface area contributed by atoms with Crippen molar-refractivity contribution in [2.45, 2.75) is 39.4 Å². The van der Waals surface area contributed by atoms with Gasteiger partial charge in [-0.3, -0.25) is 4.90 Å². The van der Waals surface area contributed by atoms with Gasteiger partial charge >= 0.3 is 0 Å². The molecule has 154 valence electrons. The Morgan fingerprint density at radius 2 is 2.00 bits per heavy atom. The Kier molecular flexibility index (Phi) is 6.38. The van der Waals surface area contributed by atoms with Crippen molar-refractivity contribution in [3.05, 3.63) is 46.3 Å². The lowest BCUT2D eigenvalue weighted by molar-refractivity contribution is 0.265. The van der Waals surface area contributed by atoms with Crippen molar-refractivity contribution >= 4 is 21.6 Å². The summed E-state index contributed by atoms with van der Waals surface area (Å²) in [5.41, 5.74) is 0.487. The number of halogens is 2. The molecule has 2 heterocycles. The van der Waals surface area contributed by atoms with Crippen molar-refractivity contribution in [3.8, 4) is 0 Å². The fourth-order valence-electron chi connectivity index (χ4n) is 3.40. The molecule has 0 saturated heterocycles. The summed E-state index contributed by atoms with van der Waals surface area (Å²) in [6, 6.07) is 4.24. The van der Waals surface area contributed by atoms with E-state index < -0.39 is 16.1 Å². The molecule has 3 rings (SSSR count). The summed E-state index contributed by atoms with van der Waals surface area (Å²) in [7, 11) is -3.39. The van der Waals surface area contributed by atoms with Crippen molar-refractivity contribution in [2.24, 2.45) is 5.92 Å². The van der Waals surface area contributed by atoms with Crippen LogP contribution in [0.4, 0.5) is 4.39 Å². The Hall–Kier alpha value is -1.55. The monoisotopic (exact) mass is 429 g/mol. The number of sulfonamides is 1. The number of rotatable bonds is 6. The maximum absolute atomic E-state index is 14.1. The Bertz CT molecular complexity index is 927. The average molecular weight is 430 g/mol. The molecule has 1 N–H and O–H groups in total. The predicted molar refractivity (Wildman–Crippen MR) is 106 cm³/mol. The average Bonchev–Trinajstić information content (AvgIpc) is 2.89. The molecule has 0 fully saturated rings. The molecule has 1 aromatic carbocycles. The Labute approximate surface area is 169 Å². The Balaban J connectivity index is 1.79. The molecule has 2 aromatic rings. The van der Waals surface area contributed by atoms with Gasteiger partial charge in [0, 0.05) is 43.2 Å². The fraction of sp³-hybridized carbons (Fsp3) is 0.556. The van der Waals surface area contributed by atoms with E-state index >= 15 is 0 Å². The van der Waals surface area contributed by atoms with E-state index in [1.807, 2.05) is 18.4 Å². The van der Waals surface area contributed by atoms with Gasteiger partial charge in [-0.25, -0.2) is 17.5 Å². The highest BCUT2D eigenvalue weighted by Crippen LogP contribution is 2.25. The molecule has 0 spiro atoms. The third-order valence-corrected chi connectivity index (χ3v) is 5.91. The molecule has 1 aliphatic heterocycles. The molecular formula is C18H25ClFN5O2S. The summed E-state index contributed by atoms with van der Waals surface area (Å²) < 4.78 is 42.3. The molecule has 7 nitrogen and oxygen atoms in total. The number of fused-ring (bicyclic) bond motifs is 1. The SMILES string of the molecule is CC(C)[C@@H](NS(C)(=O)=O)c1nnc2n1CCN(Cc1c(F)cccc1Cl)CC2. The minimum atomic E-state index is -3.39. The zero-order chi connectivity index (χ0) is 20.5. The number of aromatic nitrogens is 3. The number of nitrogens with one attached hydrogen (secondary N) is 1. The van der Waals surface area contributed by atoms with Gasteiger partial charge in [0.1, 0.15) is 11.6 Å². The van der Waals surface area contributed by atoms with Crippen LogP contribution < -0.4 is 4.72 Å². The molecule has 1 atom stereocenters. The first-order chi connectivity index (χ1) is 13.2. The first-order valence-corrected chi connectivity index (χ1v) is 11.5. The summed E-state index contributed by atoms with van der Waals surface area (Å²) in [6.07, 6.45) is 1.78. The fourth-order valence-corrected chi connectivity index (χ4v) is 4.46. The van der Waals surface area contributed by atoms with E-state index in [9.17, 15) is 12.8 Å². The van der Waals surface area contributed by atoms with Crippen molar-refractivity contribution in [3.63, 3.8) is 0 Å². The summed E-state index contributed by atoms with van der Waals surface area (Å²) in [4.78, 5) is 2.12. The summed E-state index contributed by atoms with van der Waals surface area (Å²) in [6.45, 7) is 6.23. The van der Waals surface area contributed by atoms with E-state index in [2.05, 4.69) is 19.8 Å². The lowest BCUT2D eigenvalue weighted by Gasteiger charge is -2.23. The van der Waals surface area contributed by atoms with Crippen molar-refractivity contribution < 1.29 is 12.8 Å². The van der Waals surface area contributed by atoms with Gasteiger partial charge in [-0.15, -0.1) is 10.2 Å². The van der Waals surface area contributed by atoms with Crippen LogP contribution in [0.2, 0.25) is 5.02 Å². The highest BCUT2D eigenvalue weighted by atomic mass is 35.5. The summed E-state index contributed by atoms with van der Waals surface area (Å²) in [5, 5.41) is 8.96. The predicted octanol–water partition coefficient (Wildman–Crippen LogP) is 2.38. The molecular weight excluding hydrogens is 405 g/mol. The van der Waals surface area contributed by atoms with Gasteiger partial charge < -0.3 is 4.57 Å². The minimum Gasteiger partial charge on any atom is -0.312 e. The molecule has 10 heteroatoms. The molecule has 0 bridgehead atoms. The van der Waals surface area contributed by atoms with E-state index in [4.69, 9.17) is 11.6 Å². The third-order valence-electron chi connectivity index (χ3n) is 4.88. The quantitative estimate of drug-likeness (QED) is 0.762. The number of benzene rings is 1. The highest BCUT2D eigenvalue weighted by molar-refractivity contribution is 7.88. The Morgan fingerprint density at radius 3 is 2.64 bits per heavy atom. The van der Waals surface area contributed by atoms with Crippen LogP contribution in [0.1, 0.15) is 37.1 Å². The smallest absolute Gasteiger partial charge is 0.209 e. The van der Waals surface area contributed by atoms with Gasteiger partial charge in [0.15, 0.2) is 5.82 Å². The maximum atomic E-state index is 14.1. The summed E-state index contributed by atoms with van der Waals surface area (Å²) in [5.74, 6) is 1.12. The van der Waals surface area contributed by atoms with Crippen LogP contribution in [-0.2, 0) is 29.5 Å². The summed E-state index contributed by atoms with van der Waals surface area (Å²) >= 11 is 6.16. The van der Waals surface area contributed by atoms with E-state index in [0.29, 0.717) is 49.0 Å². The van der Waals surface area contributed by atoms with Crippen molar-refractivity contribution in [1.82, 2.24) is 24.4 Å². The molecule has 0 unspecified atom stereocenters. The van der Waals surface area contributed by atoms with Crippen LogP contribution in [0.3, 0.4) is 0 Å². The molecule has 0 saturated carbocycles. The second kappa shape index (κ2) is 8.44. The second-order valence-electron chi connectivity index (χ2n) is 7.46. The van der Waals surface area contributed by atoms with Crippen LogP contribution >= 0.6 is 11.6 Å². The van der Waals surface area contributed by atoms with Crippen LogP contribution in [-0.4, -0.2) is 47.4 Å². The molecule has 0 aliphatic carbocycles. The highest BCUT2D eigenvalue weighted by Gasteiger charge is 2.28. The molecule has 1 aliphatic rings. The zero-order valence-corrected chi connectivity index (χ0v) is 17.8. The zero-order valence-electron chi connectivity index (χ0n) is 16.2. The van der Waals surface area contributed by atoms with Gasteiger partial charge in [-0.2, -0.15) is 0 Å². The van der Waals surface area contributed by atoms with Gasteiger partial charge in [-0.05, 0) is 18.1 Å². The number of nitrogens with zero attached hydrogens (tertiary/aromatic N) is 4. The van der Waals surface area contributed by atoms with Crippen LogP contribution in [0.15, 0.2) is 18.2 Å². The van der Waals surface area contributed by atoms with E-state index in [1.165, 1.54) is 6.07 Å². The first-order valence-electron chi connectivity index (χ1n) is 9.20. The lowest BCUT2D eigenvalue weighted by Crippen LogP contribution is -2.33. The molecule has 28 heavy (non-hydrogen) atoms. The standard InChI is InChI=1S/C18H25ClFN5O2S/c1-12(2)17(23-28(3,26)27)18-22-21-16-7-8-24(9-10-25(16)18)11-13-14(19)5-4-6-15(13)20/h4-6,12,17,23H,7-11H2,1-3H3/t17-/m1/s1. The topological polar surface area (TPSA) is 80.1 Å². The van der Waals surface area contributed by atoms with Gasteiger partial charge in [0.05, 0.1) is 12.3 Å². The number of hydrogen-bond donors (Lipinski definition) is 1.